The Balaban J connectivity index is 0.934. The van der Waals surface area contributed by atoms with E-state index in [1.165, 1.54) is 31.2 Å². The van der Waals surface area contributed by atoms with Gasteiger partial charge < -0.3 is 61.9 Å². The summed E-state index contributed by atoms with van der Waals surface area (Å²) < 4.78 is 38.6. The van der Waals surface area contributed by atoms with Crippen molar-refractivity contribution in [3.63, 3.8) is 0 Å². The molecule has 1 saturated heterocycles. The van der Waals surface area contributed by atoms with E-state index in [2.05, 4.69) is 21.3 Å². The van der Waals surface area contributed by atoms with Gasteiger partial charge in [-0.1, -0.05) is 107 Å². The van der Waals surface area contributed by atoms with E-state index in [-0.39, 0.29) is 68.6 Å². The molecule has 2 unspecified atom stereocenters. The maximum Gasteiger partial charge on any atom is 0.350 e. The van der Waals surface area contributed by atoms with E-state index >= 15 is 9.59 Å². The Kier molecular flexibility index (Phi) is 23.7. The lowest BCUT2D eigenvalue weighted by molar-refractivity contribution is -0.312. The number of Topliss-reactive ketones (excluding diaryl/α,β-unsaturated/α-hetero) is 2. The summed E-state index contributed by atoms with van der Waals surface area (Å²) in [6, 6.07) is 26.2. The Morgan fingerprint density at radius 1 is 0.773 bits per heavy atom. The summed E-state index contributed by atoms with van der Waals surface area (Å²) in [5.74, 6) is -12.0. The second kappa shape index (κ2) is 31.3. The summed E-state index contributed by atoms with van der Waals surface area (Å²) in [6.45, 7) is 11.9. The first-order valence-corrected chi connectivity index (χ1v) is 32.7. The molecule has 23 nitrogen and oxygen atoms in total. The van der Waals surface area contributed by atoms with Gasteiger partial charge in [0.15, 0.2) is 5.78 Å². The van der Waals surface area contributed by atoms with Gasteiger partial charge in [0.1, 0.15) is 41.5 Å². The van der Waals surface area contributed by atoms with Crippen molar-refractivity contribution >= 4 is 71.0 Å². The number of aliphatic hydroxyl groups is 2. The number of rotatable bonds is 29. The first-order chi connectivity index (χ1) is 45.9. The number of aliphatic hydroxyl groups excluding tert-OH is 1. The fourth-order valence-electron chi connectivity index (χ4n) is 14.5. The minimum absolute atomic E-state index is 0.0418. The number of nitrogens with two attached hydrogens (primary N) is 2. The average Bonchev–Trinajstić information content (AvgIpc) is 0.674. The van der Waals surface area contributed by atoms with E-state index in [0.29, 0.717) is 22.3 Å². The second-order valence-corrected chi connectivity index (χ2v) is 26.8. The van der Waals surface area contributed by atoms with Crippen LogP contribution in [0.25, 0.3) is 6.08 Å². The Labute approximate surface area is 562 Å². The Hall–Kier alpha value is -9.26. The minimum atomic E-state index is -2.17. The molecule has 1 heterocycles. The van der Waals surface area contributed by atoms with Crippen LogP contribution in [0, 0.1) is 39.8 Å². The number of hydrogen-bond acceptors (Lipinski definition) is 17. The summed E-state index contributed by atoms with van der Waals surface area (Å²) in [6.07, 6.45) is -5.97. The van der Waals surface area contributed by atoms with Gasteiger partial charge in [0.2, 0.25) is 35.6 Å². The van der Waals surface area contributed by atoms with Gasteiger partial charge in [-0.05, 0) is 111 Å². The number of halogens is 1. The van der Waals surface area contributed by atoms with Gasteiger partial charge in [-0.15, -0.1) is 0 Å². The molecule has 6 amide bonds. The van der Waals surface area contributed by atoms with Crippen molar-refractivity contribution in [1.29, 1.82) is 0 Å². The highest BCUT2D eigenvalue weighted by molar-refractivity contribution is 5.98. The molecule has 97 heavy (non-hydrogen) atoms. The van der Waals surface area contributed by atoms with Crippen molar-refractivity contribution in [3.8, 4) is 0 Å². The Morgan fingerprint density at radius 3 is 2.04 bits per heavy atom. The maximum absolute atomic E-state index is 15.5. The molecule has 14 atom stereocenters. The normalized spacial score (nSPS) is 25.4. The summed E-state index contributed by atoms with van der Waals surface area (Å²) in [4.78, 5) is 150. The molecular formula is C73H87FN6O17. The van der Waals surface area contributed by atoms with Crippen molar-refractivity contribution in [1.82, 2.24) is 21.3 Å². The number of hydrogen-bond donors (Lipinski definition) is 8. The number of fused-ring (bicyclic) bond motifs is 5. The van der Waals surface area contributed by atoms with Gasteiger partial charge in [0, 0.05) is 78.9 Å². The zero-order valence-electron chi connectivity index (χ0n) is 55.5. The molecule has 2 bridgehead atoms. The van der Waals surface area contributed by atoms with Crippen LogP contribution in [0.2, 0.25) is 0 Å². The Morgan fingerprint density at radius 2 is 1.42 bits per heavy atom. The third-order valence-corrected chi connectivity index (χ3v) is 20.0. The molecular weight excluding hydrogens is 1250 g/mol. The number of carbonyl (C=O) groups is 11. The molecule has 24 heteroatoms. The van der Waals surface area contributed by atoms with Crippen LogP contribution in [-0.4, -0.2) is 136 Å². The Bertz CT molecular complexity index is 3680. The fourth-order valence-corrected chi connectivity index (χ4v) is 14.5. The maximum atomic E-state index is 15.5. The molecule has 4 aliphatic rings. The highest BCUT2D eigenvalue weighted by atomic mass is 19.1. The summed E-state index contributed by atoms with van der Waals surface area (Å²) in [7, 11) is 0. The van der Waals surface area contributed by atoms with E-state index in [9.17, 15) is 57.8 Å². The molecule has 4 aromatic carbocycles. The van der Waals surface area contributed by atoms with Crippen molar-refractivity contribution in [2.45, 2.75) is 167 Å². The lowest BCUT2D eigenvalue weighted by Gasteiger charge is -2.68. The molecule has 0 aromatic heterocycles. The lowest BCUT2D eigenvalue weighted by atomic mass is 9.41. The van der Waals surface area contributed by atoms with Crippen LogP contribution in [-0.2, 0) is 62.1 Å². The zero-order chi connectivity index (χ0) is 70.7. The monoisotopic (exact) mass is 1340 g/mol. The number of primary amides is 2. The summed E-state index contributed by atoms with van der Waals surface area (Å²) in [5.41, 5.74) is 6.91. The number of ether oxygens (including phenoxy) is 4. The summed E-state index contributed by atoms with van der Waals surface area (Å²) in [5, 5.41) is 36.6. The molecule has 518 valence electrons. The number of esters is 3. The molecule has 1 aliphatic heterocycles. The van der Waals surface area contributed by atoms with Crippen molar-refractivity contribution in [3.05, 3.63) is 161 Å². The highest BCUT2D eigenvalue weighted by Gasteiger charge is 2.75. The number of benzene rings is 4. The van der Waals surface area contributed by atoms with Gasteiger partial charge in [0.05, 0.1) is 42.3 Å². The molecule has 4 aromatic rings. The number of amides is 6. The minimum Gasteiger partial charge on any atom is -0.455 e. The zero-order valence-corrected chi connectivity index (χ0v) is 55.5. The van der Waals surface area contributed by atoms with Crippen LogP contribution in [0.15, 0.2) is 132 Å². The SMILES string of the molecule is CC1=C2[C@@H](C)C(=O)[C@@]3(C)[C@H]([C@H](OC(=O)c4ccccc4)[C@](O)(C[C@@H]1OC(=O)[C@H](OC(=O)CCC(=O)NCCCCC(NC(=O)CC[C@H](CC(=O)C(C)NC(=O)/C=C/c1cccc(F)c1)C(N)=O)C(N)=O)[C@H](NC(=O)c1ccccc1)c1ccccc1)C2(C)C)[C@]1(C)CO[C@@H]1C[C@@H]3O. The predicted molar refractivity (Wildman–Crippen MR) is 351 cm³/mol. The first kappa shape index (κ1) is 73.5. The van der Waals surface area contributed by atoms with Gasteiger partial charge in [-0.3, -0.25) is 43.2 Å². The van der Waals surface area contributed by atoms with Crippen molar-refractivity contribution in [2.24, 2.45) is 45.5 Å². The fraction of sp³-hybridized carbons (Fsp3) is 0.466. The van der Waals surface area contributed by atoms with E-state index in [1.807, 2.05) is 6.92 Å². The van der Waals surface area contributed by atoms with Gasteiger partial charge in [-0.25, -0.2) is 14.0 Å². The van der Waals surface area contributed by atoms with Crippen LogP contribution in [0.1, 0.15) is 151 Å². The van der Waals surface area contributed by atoms with Gasteiger partial charge in [-0.2, -0.15) is 0 Å². The smallest absolute Gasteiger partial charge is 0.350 e. The highest BCUT2D eigenvalue weighted by Crippen LogP contribution is 2.66. The number of nitrogens with one attached hydrogen (secondary N) is 4. The largest absolute Gasteiger partial charge is 0.455 e. The lowest BCUT2D eigenvalue weighted by Crippen LogP contribution is -2.77. The topological polar surface area (TPSA) is 365 Å². The molecule has 3 aliphatic carbocycles. The van der Waals surface area contributed by atoms with Crippen molar-refractivity contribution < 1.29 is 86.3 Å². The van der Waals surface area contributed by atoms with Crippen LogP contribution < -0.4 is 32.7 Å². The van der Waals surface area contributed by atoms with E-state index < -0.39 is 179 Å². The molecule has 0 spiro atoms. The number of carbonyl (C=O) groups excluding carboxylic acids is 11. The van der Waals surface area contributed by atoms with E-state index in [1.54, 1.807) is 132 Å². The molecule has 8 rings (SSSR count). The third kappa shape index (κ3) is 16.6. The molecule has 10 N–H and O–H groups in total. The van der Waals surface area contributed by atoms with Crippen LogP contribution in [0.3, 0.4) is 0 Å². The van der Waals surface area contributed by atoms with Crippen LogP contribution in [0.5, 0.6) is 0 Å². The standard InChI is InChI=1S/C73H87FN6O17/c1-41-52(39-73(93)64(97-68(91)47-25-15-10-16-26-47)62-71(6)40-94-54(71)38-53(82)72(62,7)63(87)42(2)59(41)70(73,4)5)95-69(92)61(60(45-21-11-8-12-22-45)80-67(90)46-23-13-9-14-24-46)96-58(86)34-33-55(83)77-35-18-17-28-50(66(76)89)79-57(85)32-30-48(65(75)88)37-51(81)43(3)78-56(84)31-29-44-20-19-27-49(74)36-44/h8-16,19-27,29,31,36,42-43,48,50,52-54,60-62,64,82,93H,17-18,28,30,32-35,37-40H2,1-7H3,(H2,75,88)(H2,76,89)(H,77,83)(H,78,84)(H,79,85)(H,80,90)/b31-29+/t42-,43?,48-,50?,52+,53+,54-,60-,61-,62-,64+,71-,72-,73-/m1/s1. The van der Waals surface area contributed by atoms with Crippen LogP contribution >= 0.6 is 0 Å². The molecule has 0 radical (unpaired) electrons. The third-order valence-electron chi connectivity index (χ3n) is 20.0. The molecule has 2 saturated carbocycles. The van der Waals surface area contributed by atoms with Gasteiger partial charge in [0.25, 0.3) is 5.91 Å². The number of unbranched alkanes of at least 4 members (excludes halogenated alkanes) is 1. The molecule has 3 fully saturated rings. The van der Waals surface area contributed by atoms with Gasteiger partial charge >= 0.3 is 17.9 Å². The quantitative estimate of drug-likeness (QED) is 0.0103. The second-order valence-electron chi connectivity index (χ2n) is 26.8. The predicted octanol–water partition coefficient (Wildman–Crippen LogP) is 5.93. The van der Waals surface area contributed by atoms with Crippen LogP contribution in [0.4, 0.5) is 4.39 Å². The van der Waals surface area contributed by atoms with E-state index in [0.717, 1.165) is 6.08 Å². The first-order valence-electron chi connectivity index (χ1n) is 32.7. The summed E-state index contributed by atoms with van der Waals surface area (Å²) >= 11 is 0. The van der Waals surface area contributed by atoms with Crippen molar-refractivity contribution in [2.75, 3.05) is 13.2 Å². The number of ketones is 2. The van der Waals surface area contributed by atoms with E-state index in [4.69, 9.17) is 30.4 Å². The average molecular weight is 1340 g/mol.